The summed E-state index contributed by atoms with van der Waals surface area (Å²) in [6.07, 6.45) is -2.04. The molecule has 0 unspecified atom stereocenters. The predicted octanol–water partition coefficient (Wildman–Crippen LogP) is 4.71. The van der Waals surface area contributed by atoms with Gasteiger partial charge in [0, 0.05) is 18.3 Å². The van der Waals surface area contributed by atoms with Crippen molar-refractivity contribution in [3.63, 3.8) is 0 Å². The van der Waals surface area contributed by atoms with Gasteiger partial charge in [-0.15, -0.1) is 0 Å². The molecule has 186 valence electrons. The molecule has 0 bridgehead atoms. The lowest BCUT2D eigenvalue weighted by Crippen LogP contribution is -2.34. The highest BCUT2D eigenvalue weighted by Gasteiger charge is 2.31. The molecule has 11 heteroatoms. The molecular formula is C23H26F4N2O4S. The van der Waals surface area contributed by atoms with Crippen molar-refractivity contribution in [3.05, 3.63) is 58.9 Å². The van der Waals surface area contributed by atoms with Gasteiger partial charge < -0.3 is 9.64 Å². The summed E-state index contributed by atoms with van der Waals surface area (Å²) >= 11 is 0. The van der Waals surface area contributed by atoms with Crippen molar-refractivity contribution in [3.8, 4) is 5.75 Å². The Labute approximate surface area is 196 Å². The van der Waals surface area contributed by atoms with E-state index in [1.807, 2.05) is 18.7 Å². The van der Waals surface area contributed by atoms with Gasteiger partial charge in [-0.05, 0) is 54.7 Å². The number of alkyl halides is 3. The number of halogens is 4. The molecule has 1 saturated heterocycles. The highest BCUT2D eigenvalue weighted by molar-refractivity contribution is 7.89. The second-order valence-electron chi connectivity index (χ2n) is 8.57. The second kappa shape index (κ2) is 9.81. The van der Waals surface area contributed by atoms with Crippen LogP contribution >= 0.6 is 0 Å². The van der Waals surface area contributed by atoms with Crippen molar-refractivity contribution in [2.45, 2.75) is 44.8 Å². The van der Waals surface area contributed by atoms with E-state index in [-0.39, 0.29) is 24.3 Å². The van der Waals surface area contributed by atoms with Crippen molar-refractivity contribution in [2.75, 3.05) is 24.3 Å². The predicted molar refractivity (Wildman–Crippen MR) is 120 cm³/mol. The van der Waals surface area contributed by atoms with Gasteiger partial charge in [-0.25, -0.2) is 17.5 Å². The lowest BCUT2D eigenvalue weighted by Gasteiger charge is -2.28. The summed E-state index contributed by atoms with van der Waals surface area (Å²) in [6, 6.07) is 7.14. The van der Waals surface area contributed by atoms with Gasteiger partial charge in [0.15, 0.2) is 0 Å². The van der Waals surface area contributed by atoms with E-state index < -0.39 is 39.1 Å². The van der Waals surface area contributed by atoms with Gasteiger partial charge in [0.2, 0.25) is 10.0 Å². The molecule has 1 aliphatic heterocycles. The number of nitrogens with one attached hydrogen (secondary N) is 1. The van der Waals surface area contributed by atoms with Gasteiger partial charge >= 0.3 is 6.18 Å². The van der Waals surface area contributed by atoms with E-state index in [2.05, 4.69) is 0 Å². The molecule has 1 N–H and O–H groups in total. The number of amides is 1. The van der Waals surface area contributed by atoms with E-state index in [0.717, 1.165) is 37.3 Å². The molecule has 0 aliphatic carbocycles. The molecule has 0 radical (unpaired) electrons. The molecule has 0 aromatic heterocycles. The van der Waals surface area contributed by atoms with Crippen LogP contribution in [0.2, 0.25) is 0 Å². The molecule has 1 fully saturated rings. The van der Waals surface area contributed by atoms with Gasteiger partial charge in [-0.2, -0.15) is 13.2 Å². The fourth-order valence-electron chi connectivity index (χ4n) is 3.92. The SMILES string of the molecule is CC(C)c1cc(C(=O)NS(C)(=O)=O)c(F)cc1OC[C@H]1CCCN1c1ccc(C(F)(F)F)cc1. The third kappa shape index (κ3) is 6.19. The number of carbonyl (C=O) groups excluding carboxylic acids is 1. The van der Waals surface area contributed by atoms with Crippen molar-refractivity contribution in [1.82, 2.24) is 4.72 Å². The summed E-state index contributed by atoms with van der Waals surface area (Å²) in [5, 5.41) is 0. The monoisotopic (exact) mass is 502 g/mol. The van der Waals surface area contributed by atoms with Crippen LogP contribution in [0.25, 0.3) is 0 Å². The number of rotatable bonds is 7. The van der Waals surface area contributed by atoms with Crippen molar-refractivity contribution >= 4 is 21.6 Å². The van der Waals surface area contributed by atoms with Gasteiger partial charge in [-0.1, -0.05) is 13.8 Å². The van der Waals surface area contributed by atoms with Crippen LogP contribution in [0.3, 0.4) is 0 Å². The standard InChI is InChI=1S/C23H26F4N2O4S/c1-14(2)18-11-19(22(30)28-34(3,31)32)20(24)12-21(18)33-13-17-5-4-10-29(17)16-8-6-15(7-9-16)23(25,26)27/h6-9,11-12,14,17H,4-5,10,13H2,1-3H3,(H,28,30)/t17-/m1/s1. The van der Waals surface area contributed by atoms with Gasteiger partial charge in [-0.3, -0.25) is 4.79 Å². The first-order valence-electron chi connectivity index (χ1n) is 10.7. The van der Waals surface area contributed by atoms with E-state index in [0.29, 0.717) is 17.8 Å². The van der Waals surface area contributed by atoms with Gasteiger partial charge in [0.25, 0.3) is 5.91 Å². The second-order valence-corrected chi connectivity index (χ2v) is 10.3. The van der Waals surface area contributed by atoms with Crippen LogP contribution in [0.5, 0.6) is 5.75 Å². The largest absolute Gasteiger partial charge is 0.491 e. The first kappa shape index (κ1) is 25.8. The summed E-state index contributed by atoms with van der Waals surface area (Å²) in [7, 11) is -3.86. The molecular weight excluding hydrogens is 476 g/mol. The Bertz CT molecular complexity index is 1150. The molecule has 1 atom stereocenters. The third-order valence-corrected chi connectivity index (χ3v) is 6.14. The van der Waals surface area contributed by atoms with Crippen LogP contribution in [0.1, 0.15) is 54.1 Å². The fraction of sp³-hybridized carbons (Fsp3) is 0.435. The maximum absolute atomic E-state index is 14.7. The average Bonchev–Trinajstić information content (AvgIpc) is 3.18. The normalized spacial score (nSPS) is 16.7. The molecule has 1 amide bonds. The van der Waals surface area contributed by atoms with Crippen LogP contribution in [0.4, 0.5) is 23.2 Å². The molecule has 1 heterocycles. The van der Waals surface area contributed by atoms with Crippen LogP contribution in [0, 0.1) is 5.82 Å². The van der Waals surface area contributed by atoms with Crippen molar-refractivity contribution in [2.24, 2.45) is 0 Å². The van der Waals surface area contributed by atoms with Crippen molar-refractivity contribution < 1.29 is 35.5 Å². The van der Waals surface area contributed by atoms with E-state index in [1.54, 1.807) is 4.72 Å². The average molecular weight is 503 g/mol. The van der Waals surface area contributed by atoms with E-state index in [1.165, 1.54) is 18.2 Å². The molecule has 0 saturated carbocycles. The summed E-state index contributed by atoms with van der Waals surface area (Å²) < 4.78 is 83.6. The summed E-state index contributed by atoms with van der Waals surface area (Å²) in [5.74, 6) is -1.93. The number of hydrogen-bond donors (Lipinski definition) is 1. The number of nitrogens with zero attached hydrogens (tertiary/aromatic N) is 1. The number of anilines is 1. The zero-order chi connectivity index (χ0) is 25.3. The molecule has 2 aromatic rings. The first-order valence-corrected chi connectivity index (χ1v) is 12.6. The molecule has 6 nitrogen and oxygen atoms in total. The zero-order valence-electron chi connectivity index (χ0n) is 18.9. The third-order valence-electron chi connectivity index (χ3n) is 5.58. The molecule has 1 aliphatic rings. The Hall–Kier alpha value is -2.82. The lowest BCUT2D eigenvalue weighted by molar-refractivity contribution is -0.137. The quantitative estimate of drug-likeness (QED) is 0.556. The fourth-order valence-corrected chi connectivity index (χ4v) is 4.37. The summed E-state index contributed by atoms with van der Waals surface area (Å²) in [6.45, 7) is 4.45. The minimum atomic E-state index is -4.41. The number of carbonyl (C=O) groups is 1. The smallest absolute Gasteiger partial charge is 0.416 e. The zero-order valence-corrected chi connectivity index (χ0v) is 19.8. The maximum Gasteiger partial charge on any atom is 0.416 e. The Morgan fingerprint density at radius 2 is 1.85 bits per heavy atom. The summed E-state index contributed by atoms with van der Waals surface area (Å²) in [5.41, 5.74) is 0.0373. The van der Waals surface area contributed by atoms with Crippen molar-refractivity contribution in [1.29, 1.82) is 0 Å². The topological polar surface area (TPSA) is 75.7 Å². The minimum Gasteiger partial charge on any atom is -0.491 e. The summed E-state index contributed by atoms with van der Waals surface area (Å²) in [4.78, 5) is 14.1. The number of hydrogen-bond acceptors (Lipinski definition) is 5. The van der Waals surface area contributed by atoms with Gasteiger partial charge in [0.05, 0.1) is 23.4 Å². The van der Waals surface area contributed by atoms with E-state index in [9.17, 15) is 30.8 Å². The highest BCUT2D eigenvalue weighted by atomic mass is 32.2. The molecule has 0 spiro atoms. The lowest BCUT2D eigenvalue weighted by atomic mass is 9.99. The Morgan fingerprint density at radius 1 is 1.21 bits per heavy atom. The van der Waals surface area contributed by atoms with Gasteiger partial charge in [0.1, 0.15) is 18.2 Å². The number of sulfonamides is 1. The first-order chi connectivity index (χ1) is 15.8. The van der Waals surface area contributed by atoms with Crippen LogP contribution in [-0.4, -0.2) is 39.8 Å². The van der Waals surface area contributed by atoms with E-state index in [4.69, 9.17) is 4.74 Å². The maximum atomic E-state index is 14.7. The Kier molecular flexibility index (Phi) is 7.44. The molecule has 34 heavy (non-hydrogen) atoms. The minimum absolute atomic E-state index is 0.131. The Morgan fingerprint density at radius 3 is 2.41 bits per heavy atom. The van der Waals surface area contributed by atoms with Crippen LogP contribution in [0.15, 0.2) is 36.4 Å². The van der Waals surface area contributed by atoms with Crippen LogP contribution < -0.4 is 14.4 Å². The highest BCUT2D eigenvalue weighted by Crippen LogP contribution is 2.34. The Balaban J connectivity index is 1.78. The van der Waals surface area contributed by atoms with E-state index >= 15 is 0 Å². The number of ether oxygens (including phenoxy) is 1. The molecule has 3 rings (SSSR count). The molecule has 2 aromatic carbocycles. The number of benzene rings is 2. The van der Waals surface area contributed by atoms with Crippen LogP contribution in [-0.2, 0) is 16.2 Å².